The first-order valence-corrected chi connectivity index (χ1v) is 8.55. The predicted molar refractivity (Wildman–Crippen MR) is 102 cm³/mol. The molecule has 136 valence electrons. The number of aromatic nitrogens is 1. The molecule has 6 nitrogen and oxygen atoms in total. The first-order chi connectivity index (χ1) is 13.1. The maximum absolute atomic E-state index is 12.6. The van der Waals surface area contributed by atoms with Crippen molar-refractivity contribution in [2.75, 3.05) is 12.1 Å². The van der Waals surface area contributed by atoms with Crippen molar-refractivity contribution in [3.05, 3.63) is 87.8 Å². The Kier molecular flexibility index (Phi) is 4.38. The second-order valence-corrected chi connectivity index (χ2v) is 6.40. The lowest BCUT2D eigenvalue weighted by Gasteiger charge is -2.10. The Hall–Kier alpha value is -3.54. The Morgan fingerprint density at radius 3 is 2.78 bits per heavy atom. The summed E-state index contributed by atoms with van der Waals surface area (Å²) in [4.78, 5) is 24.8. The summed E-state index contributed by atoms with van der Waals surface area (Å²) in [6, 6.07) is 16.1. The number of amides is 1. The van der Waals surface area contributed by atoms with Crippen LogP contribution in [-0.2, 0) is 6.54 Å². The highest BCUT2D eigenvalue weighted by Crippen LogP contribution is 2.34. The van der Waals surface area contributed by atoms with E-state index in [9.17, 15) is 9.59 Å². The number of pyridine rings is 1. The number of hydrogen-bond acceptors (Lipinski definition) is 4. The Morgan fingerprint density at radius 1 is 1.07 bits per heavy atom. The Labute approximate surface area is 156 Å². The lowest BCUT2D eigenvalue weighted by Crippen LogP contribution is -2.22. The van der Waals surface area contributed by atoms with Crippen LogP contribution in [0.5, 0.6) is 11.5 Å². The van der Waals surface area contributed by atoms with E-state index in [-0.39, 0.29) is 18.3 Å². The summed E-state index contributed by atoms with van der Waals surface area (Å²) in [5.41, 5.74) is 2.97. The molecular weight excluding hydrogens is 344 g/mol. The average Bonchev–Trinajstić information content (AvgIpc) is 3.11. The molecule has 0 aliphatic carbocycles. The third kappa shape index (κ3) is 3.69. The average molecular weight is 362 g/mol. The second-order valence-electron chi connectivity index (χ2n) is 6.40. The zero-order chi connectivity index (χ0) is 18.8. The SMILES string of the molecule is Cc1cccc(Cn2cc(C(=O)Nc3ccc4c(c3)OCO4)ccc2=O)c1. The van der Waals surface area contributed by atoms with Crippen LogP contribution in [0.15, 0.2) is 65.6 Å². The van der Waals surface area contributed by atoms with Crippen molar-refractivity contribution < 1.29 is 14.3 Å². The van der Waals surface area contributed by atoms with Gasteiger partial charge in [-0.1, -0.05) is 29.8 Å². The van der Waals surface area contributed by atoms with Gasteiger partial charge in [0, 0.05) is 24.0 Å². The number of carbonyl (C=O) groups is 1. The van der Waals surface area contributed by atoms with E-state index in [0.717, 1.165) is 11.1 Å². The van der Waals surface area contributed by atoms with Crippen LogP contribution in [0.2, 0.25) is 0 Å². The zero-order valence-electron chi connectivity index (χ0n) is 14.8. The molecule has 0 atom stereocenters. The Balaban J connectivity index is 1.55. The molecule has 6 heteroatoms. The third-order valence-electron chi connectivity index (χ3n) is 4.31. The molecule has 1 amide bonds. The summed E-state index contributed by atoms with van der Waals surface area (Å²) in [5, 5.41) is 2.82. The molecule has 3 aromatic rings. The van der Waals surface area contributed by atoms with E-state index in [1.165, 1.54) is 16.7 Å². The van der Waals surface area contributed by atoms with Crippen molar-refractivity contribution in [2.24, 2.45) is 0 Å². The molecule has 1 aromatic heterocycles. The predicted octanol–water partition coefficient (Wildman–Crippen LogP) is 3.19. The third-order valence-corrected chi connectivity index (χ3v) is 4.31. The highest BCUT2D eigenvalue weighted by molar-refractivity contribution is 6.04. The van der Waals surface area contributed by atoms with Gasteiger partial charge in [0.05, 0.1) is 12.1 Å². The normalized spacial score (nSPS) is 12.0. The molecule has 0 unspecified atom stereocenters. The van der Waals surface area contributed by atoms with Crippen LogP contribution in [0.4, 0.5) is 5.69 Å². The molecule has 1 N–H and O–H groups in total. The first-order valence-electron chi connectivity index (χ1n) is 8.55. The highest BCUT2D eigenvalue weighted by atomic mass is 16.7. The molecular formula is C21H18N2O4. The number of nitrogens with zero attached hydrogens (tertiary/aromatic N) is 1. The van der Waals surface area contributed by atoms with Crippen LogP contribution in [0, 0.1) is 6.92 Å². The number of nitrogens with one attached hydrogen (secondary N) is 1. The minimum absolute atomic E-state index is 0.156. The van der Waals surface area contributed by atoms with Gasteiger partial charge >= 0.3 is 0 Å². The molecule has 0 spiro atoms. The van der Waals surface area contributed by atoms with Gasteiger partial charge in [-0.05, 0) is 30.7 Å². The van der Waals surface area contributed by atoms with Gasteiger partial charge in [0.25, 0.3) is 11.5 Å². The summed E-state index contributed by atoms with van der Waals surface area (Å²) in [6.45, 7) is 2.59. The number of anilines is 1. The van der Waals surface area contributed by atoms with Crippen molar-refractivity contribution >= 4 is 11.6 Å². The van der Waals surface area contributed by atoms with Crippen molar-refractivity contribution in [1.82, 2.24) is 4.57 Å². The van der Waals surface area contributed by atoms with Crippen LogP contribution in [0.1, 0.15) is 21.5 Å². The van der Waals surface area contributed by atoms with Gasteiger partial charge in [0.1, 0.15) is 0 Å². The van der Waals surface area contributed by atoms with E-state index in [1.807, 2.05) is 31.2 Å². The number of ether oxygens (including phenoxy) is 2. The van der Waals surface area contributed by atoms with Gasteiger partial charge in [-0.3, -0.25) is 9.59 Å². The van der Waals surface area contributed by atoms with E-state index < -0.39 is 0 Å². The zero-order valence-corrected chi connectivity index (χ0v) is 14.8. The van der Waals surface area contributed by atoms with E-state index in [4.69, 9.17) is 9.47 Å². The maximum atomic E-state index is 12.6. The van der Waals surface area contributed by atoms with Crippen molar-refractivity contribution in [2.45, 2.75) is 13.5 Å². The van der Waals surface area contributed by atoms with E-state index in [1.54, 1.807) is 24.4 Å². The van der Waals surface area contributed by atoms with Crippen molar-refractivity contribution in [1.29, 1.82) is 0 Å². The van der Waals surface area contributed by atoms with Gasteiger partial charge in [0.15, 0.2) is 11.5 Å². The quantitative estimate of drug-likeness (QED) is 0.774. The van der Waals surface area contributed by atoms with Gasteiger partial charge in [-0.25, -0.2) is 0 Å². The summed E-state index contributed by atoms with van der Waals surface area (Å²) in [6.07, 6.45) is 1.58. The van der Waals surface area contributed by atoms with Gasteiger partial charge in [0.2, 0.25) is 6.79 Å². The molecule has 2 aromatic carbocycles. The van der Waals surface area contributed by atoms with Crippen LogP contribution in [0.3, 0.4) is 0 Å². The topological polar surface area (TPSA) is 69.6 Å². The molecule has 1 aliphatic heterocycles. The van der Waals surface area contributed by atoms with E-state index in [2.05, 4.69) is 5.32 Å². The van der Waals surface area contributed by atoms with Crippen LogP contribution >= 0.6 is 0 Å². The van der Waals surface area contributed by atoms with Crippen molar-refractivity contribution in [3.63, 3.8) is 0 Å². The highest BCUT2D eigenvalue weighted by Gasteiger charge is 2.15. The monoisotopic (exact) mass is 362 g/mol. The largest absolute Gasteiger partial charge is 0.454 e. The Morgan fingerprint density at radius 2 is 1.93 bits per heavy atom. The molecule has 0 radical (unpaired) electrons. The molecule has 4 rings (SSSR count). The maximum Gasteiger partial charge on any atom is 0.257 e. The fourth-order valence-electron chi connectivity index (χ4n) is 2.97. The number of carbonyl (C=O) groups excluding carboxylic acids is 1. The van der Waals surface area contributed by atoms with Gasteiger partial charge in [-0.15, -0.1) is 0 Å². The van der Waals surface area contributed by atoms with Crippen LogP contribution < -0.4 is 20.3 Å². The lowest BCUT2D eigenvalue weighted by atomic mass is 10.1. The minimum Gasteiger partial charge on any atom is -0.454 e. The van der Waals surface area contributed by atoms with Gasteiger partial charge < -0.3 is 19.4 Å². The molecule has 1 aliphatic rings. The first kappa shape index (κ1) is 16.9. The van der Waals surface area contributed by atoms with E-state index in [0.29, 0.717) is 29.3 Å². The minimum atomic E-state index is -0.299. The molecule has 0 bridgehead atoms. The van der Waals surface area contributed by atoms with E-state index >= 15 is 0 Å². The number of benzene rings is 2. The van der Waals surface area contributed by atoms with Crippen molar-refractivity contribution in [3.8, 4) is 11.5 Å². The van der Waals surface area contributed by atoms with Crippen LogP contribution in [-0.4, -0.2) is 17.3 Å². The summed E-state index contributed by atoms with van der Waals surface area (Å²) in [5.74, 6) is 0.948. The number of hydrogen-bond donors (Lipinski definition) is 1. The number of rotatable bonds is 4. The Bertz CT molecular complexity index is 1070. The molecule has 2 heterocycles. The summed E-state index contributed by atoms with van der Waals surface area (Å²) >= 11 is 0. The smallest absolute Gasteiger partial charge is 0.257 e. The standard InChI is InChI=1S/C21H18N2O4/c1-14-3-2-4-15(9-14)11-23-12-16(5-8-20(23)24)21(25)22-17-6-7-18-19(10-17)27-13-26-18/h2-10,12H,11,13H2,1H3,(H,22,25). The molecule has 0 fully saturated rings. The number of fused-ring (bicyclic) bond motifs is 1. The molecule has 27 heavy (non-hydrogen) atoms. The fraction of sp³-hybridized carbons (Fsp3) is 0.143. The number of aryl methyl sites for hydroxylation is 1. The summed E-state index contributed by atoms with van der Waals surface area (Å²) in [7, 11) is 0. The van der Waals surface area contributed by atoms with Gasteiger partial charge in [-0.2, -0.15) is 0 Å². The van der Waals surface area contributed by atoms with Crippen LogP contribution in [0.25, 0.3) is 0 Å². The molecule has 0 saturated heterocycles. The fourth-order valence-corrected chi connectivity index (χ4v) is 2.97. The summed E-state index contributed by atoms with van der Waals surface area (Å²) < 4.78 is 12.1. The molecule has 0 saturated carbocycles. The second kappa shape index (κ2) is 6.99. The lowest BCUT2D eigenvalue weighted by molar-refractivity contribution is 0.102.